The Bertz CT molecular complexity index is 1550. The lowest BCUT2D eigenvalue weighted by Gasteiger charge is -2.43. The van der Waals surface area contributed by atoms with Gasteiger partial charge in [-0.1, -0.05) is 110 Å². The van der Waals surface area contributed by atoms with E-state index in [0.29, 0.717) is 18.7 Å². The average Bonchev–Trinajstić information content (AvgIpc) is 3.53. The van der Waals surface area contributed by atoms with Gasteiger partial charge in [0.1, 0.15) is 11.0 Å². The molecule has 8 heteroatoms. The number of hydrogen-bond donors (Lipinski definition) is 1. The fraction of sp³-hybridized carbons (Fsp3) is 0.242. The number of nitrogens with zero attached hydrogens (tertiary/aromatic N) is 2. The molecule has 1 saturated heterocycles. The summed E-state index contributed by atoms with van der Waals surface area (Å²) in [5, 5.41) is 2.44. The van der Waals surface area contributed by atoms with Crippen molar-refractivity contribution in [2.45, 2.75) is 35.8 Å². The summed E-state index contributed by atoms with van der Waals surface area (Å²) in [6.07, 6.45) is 0.594. The lowest BCUT2D eigenvalue weighted by atomic mass is 9.93. The molecule has 0 aliphatic carbocycles. The smallest absolute Gasteiger partial charge is 0.250 e. The van der Waals surface area contributed by atoms with Crippen molar-refractivity contribution in [3.05, 3.63) is 126 Å². The van der Waals surface area contributed by atoms with Crippen LogP contribution in [0.5, 0.6) is 0 Å². The van der Waals surface area contributed by atoms with E-state index in [9.17, 15) is 13.2 Å². The van der Waals surface area contributed by atoms with Crippen molar-refractivity contribution in [3.63, 3.8) is 0 Å². The Kier molecular flexibility index (Phi) is 8.94. The second kappa shape index (κ2) is 12.6. The van der Waals surface area contributed by atoms with Crippen LogP contribution < -0.4 is 5.32 Å². The number of amides is 1. The minimum atomic E-state index is -3.89. The van der Waals surface area contributed by atoms with Gasteiger partial charge in [-0.2, -0.15) is 4.31 Å². The highest BCUT2D eigenvalue weighted by atomic mass is 32.2. The van der Waals surface area contributed by atoms with Crippen LogP contribution in [0, 0.1) is 0 Å². The number of benzene rings is 4. The van der Waals surface area contributed by atoms with Crippen LogP contribution in [-0.4, -0.2) is 48.2 Å². The van der Waals surface area contributed by atoms with E-state index in [1.807, 2.05) is 105 Å². The van der Waals surface area contributed by atoms with Gasteiger partial charge in [-0.15, -0.1) is 11.8 Å². The number of carbonyl (C=O) groups is 1. The van der Waals surface area contributed by atoms with Crippen LogP contribution in [0.2, 0.25) is 0 Å². The first-order valence-electron chi connectivity index (χ1n) is 13.8. The maximum Gasteiger partial charge on any atom is 0.250 e. The predicted molar refractivity (Wildman–Crippen MR) is 166 cm³/mol. The molecule has 4 aromatic carbocycles. The van der Waals surface area contributed by atoms with E-state index in [0.717, 1.165) is 22.3 Å². The maximum atomic E-state index is 14.0. The zero-order chi connectivity index (χ0) is 28.9. The highest BCUT2D eigenvalue weighted by molar-refractivity contribution is 8.02. The van der Waals surface area contributed by atoms with Gasteiger partial charge in [0, 0.05) is 18.8 Å². The Labute approximate surface area is 247 Å². The molecule has 41 heavy (non-hydrogen) atoms. The summed E-state index contributed by atoms with van der Waals surface area (Å²) in [7, 11) is -1.90. The summed E-state index contributed by atoms with van der Waals surface area (Å²) in [6, 6.07) is 36.7. The molecule has 6 nitrogen and oxygen atoms in total. The topological polar surface area (TPSA) is 69.7 Å². The molecule has 212 valence electrons. The van der Waals surface area contributed by atoms with Gasteiger partial charge in [-0.05, 0) is 47.9 Å². The normalized spacial score (nSPS) is 17.3. The van der Waals surface area contributed by atoms with Crippen molar-refractivity contribution in [2.75, 3.05) is 19.3 Å². The molecule has 0 radical (unpaired) electrons. The second-order valence-corrected chi connectivity index (χ2v) is 13.2. The summed E-state index contributed by atoms with van der Waals surface area (Å²) in [5.74, 6) is 0.228. The van der Waals surface area contributed by atoms with Crippen LogP contribution in [0.25, 0.3) is 11.1 Å². The van der Waals surface area contributed by atoms with E-state index in [4.69, 9.17) is 0 Å². The number of nitrogens with one attached hydrogen (secondary N) is 1. The van der Waals surface area contributed by atoms with E-state index in [2.05, 4.69) is 22.3 Å². The van der Waals surface area contributed by atoms with Gasteiger partial charge in [0.05, 0.1) is 4.90 Å². The lowest BCUT2D eigenvalue weighted by Crippen LogP contribution is -2.59. The molecule has 0 unspecified atom stereocenters. The number of sulfonamides is 1. The standard InChI is InChI=1S/C33H35N3O3S2/c1-3-33(29-17-11-6-12-18-29,35(2)25-26-13-7-4-8-14-26)34-31(37)32-36(23-24-40-32)41(38,39)30-21-19-28(20-22-30)27-15-9-5-10-16-27/h4-22,32H,3,23-25H2,1-2H3,(H,34,37)/t32-,33-/m0/s1. The Balaban J connectivity index is 1.41. The molecule has 0 spiro atoms. The zero-order valence-corrected chi connectivity index (χ0v) is 24.9. The molecule has 1 aliphatic heterocycles. The van der Waals surface area contributed by atoms with Crippen LogP contribution in [0.4, 0.5) is 0 Å². The van der Waals surface area contributed by atoms with Crippen molar-refractivity contribution in [1.82, 2.24) is 14.5 Å². The third-order valence-corrected chi connectivity index (χ3v) is 10.9. The summed E-state index contributed by atoms with van der Waals surface area (Å²) < 4.78 is 28.9. The molecular weight excluding hydrogens is 551 g/mol. The van der Waals surface area contributed by atoms with Crippen LogP contribution in [0.15, 0.2) is 120 Å². The van der Waals surface area contributed by atoms with E-state index in [-0.39, 0.29) is 17.3 Å². The van der Waals surface area contributed by atoms with Gasteiger partial charge in [0.25, 0.3) is 0 Å². The van der Waals surface area contributed by atoms with Gasteiger partial charge >= 0.3 is 0 Å². The molecule has 1 fully saturated rings. The highest BCUT2D eigenvalue weighted by Crippen LogP contribution is 2.35. The fourth-order valence-corrected chi connectivity index (χ4v) is 8.49. The fourth-order valence-electron chi connectivity index (χ4n) is 5.41. The van der Waals surface area contributed by atoms with Crippen LogP contribution in [0.3, 0.4) is 0 Å². The van der Waals surface area contributed by atoms with Gasteiger partial charge in [-0.3, -0.25) is 9.69 Å². The third-order valence-electron chi connectivity index (χ3n) is 7.65. The molecule has 5 rings (SSSR count). The molecule has 2 atom stereocenters. The van der Waals surface area contributed by atoms with Gasteiger partial charge in [-0.25, -0.2) is 8.42 Å². The quantitative estimate of drug-likeness (QED) is 0.234. The van der Waals surface area contributed by atoms with Crippen LogP contribution in [-0.2, 0) is 27.0 Å². The molecule has 1 heterocycles. The van der Waals surface area contributed by atoms with E-state index < -0.39 is 21.1 Å². The molecule has 0 bridgehead atoms. The van der Waals surface area contributed by atoms with Crippen molar-refractivity contribution < 1.29 is 13.2 Å². The van der Waals surface area contributed by atoms with Crippen LogP contribution in [0.1, 0.15) is 24.5 Å². The van der Waals surface area contributed by atoms with Crippen molar-refractivity contribution in [2.24, 2.45) is 0 Å². The zero-order valence-electron chi connectivity index (χ0n) is 23.3. The number of hydrogen-bond acceptors (Lipinski definition) is 5. The number of rotatable bonds is 10. The minimum absolute atomic E-state index is 0.184. The number of thioether (sulfide) groups is 1. The second-order valence-electron chi connectivity index (χ2n) is 10.1. The monoisotopic (exact) mass is 585 g/mol. The first-order valence-corrected chi connectivity index (χ1v) is 16.3. The molecule has 1 N–H and O–H groups in total. The Morgan fingerprint density at radius 3 is 2.05 bits per heavy atom. The van der Waals surface area contributed by atoms with Crippen molar-refractivity contribution >= 4 is 27.7 Å². The van der Waals surface area contributed by atoms with Crippen molar-refractivity contribution in [3.8, 4) is 11.1 Å². The first-order chi connectivity index (χ1) is 19.8. The maximum absolute atomic E-state index is 14.0. The van der Waals surface area contributed by atoms with Gasteiger partial charge < -0.3 is 5.32 Å². The molecule has 0 aromatic heterocycles. The van der Waals surface area contributed by atoms with Crippen molar-refractivity contribution in [1.29, 1.82) is 0 Å². The number of carbonyl (C=O) groups excluding carboxylic acids is 1. The summed E-state index contributed by atoms with van der Waals surface area (Å²) in [4.78, 5) is 16.3. The summed E-state index contributed by atoms with van der Waals surface area (Å²) >= 11 is 1.36. The minimum Gasteiger partial charge on any atom is -0.332 e. The molecule has 1 aliphatic rings. The van der Waals surface area contributed by atoms with Gasteiger partial charge in [0.15, 0.2) is 0 Å². The van der Waals surface area contributed by atoms with Crippen LogP contribution >= 0.6 is 11.8 Å². The Morgan fingerprint density at radius 2 is 1.44 bits per heavy atom. The SMILES string of the molecule is CC[C@@](NC(=O)[C@@H]1SCCN1S(=O)(=O)c1ccc(-c2ccccc2)cc1)(c1ccccc1)N(C)Cc1ccccc1. The van der Waals surface area contributed by atoms with E-state index in [1.54, 1.807) is 12.1 Å². The van der Waals surface area contributed by atoms with Gasteiger partial charge in [0.2, 0.25) is 15.9 Å². The third kappa shape index (κ3) is 6.11. The highest BCUT2D eigenvalue weighted by Gasteiger charge is 2.44. The Hall–Kier alpha value is -3.43. The average molecular weight is 586 g/mol. The summed E-state index contributed by atoms with van der Waals surface area (Å²) in [5.41, 5.74) is 3.19. The first kappa shape index (κ1) is 29.1. The molecular formula is C33H35N3O3S2. The van der Waals surface area contributed by atoms with E-state index >= 15 is 0 Å². The molecule has 1 amide bonds. The molecule has 4 aromatic rings. The van der Waals surface area contributed by atoms with E-state index in [1.165, 1.54) is 16.1 Å². The summed E-state index contributed by atoms with van der Waals surface area (Å²) in [6.45, 7) is 2.92. The Morgan fingerprint density at radius 1 is 0.878 bits per heavy atom. The lowest BCUT2D eigenvalue weighted by molar-refractivity contribution is -0.127. The molecule has 0 saturated carbocycles. The largest absolute Gasteiger partial charge is 0.332 e. The predicted octanol–water partition coefficient (Wildman–Crippen LogP) is 5.93.